The van der Waals surface area contributed by atoms with Gasteiger partial charge in [0.25, 0.3) is 0 Å². The van der Waals surface area contributed by atoms with E-state index in [1.807, 2.05) is 36.4 Å². The van der Waals surface area contributed by atoms with Gasteiger partial charge in [-0.3, -0.25) is 4.68 Å². The van der Waals surface area contributed by atoms with Gasteiger partial charge in [-0.15, -0.1) is 11.5 Å². The summed E-state index contributed by atoms with van der Waals surface area (Å²) in [5.74, 6) is 8.44. The van der Waals surface area contributed by atoms with Gasteiger partial charge in [0.1, 0.15) is 5.69 Å². The van der Waals surface area contributed by atoms with Gasteiger partial charge in [0, 0.05) is 29.1 Å². The molecular weight excluding hydrogens is 552 g/mol. The van der Waals surface area contributed by atoms with Crippen LogP contribution in [0.5, 0.6) is 0 Å². The molecule has 8 saturated carbocycles. The lowest BCUT2D eigenvalue weighted by Crippen LogP contribution is -2.48. The Morgan fingerprint density at radius 3 is 1.67 bits per heavy atom. The van der Waals surface area contributed by atoms with Gasteiger partial charge in [-0.05, 0) is 141 Å². The molecular formula is C39H50N6. The fourth-order valence-electron chi connectivity index (χ4n) is 11.1. The Morgan fingerprint density at radius 2 is 1.22 bits per heavy atom. The van der Waals surface area contributed by atoms with Crippen molar-refractivity contribution in [3.63, 3.8) is 0 Å². The second-order valence-electron chi connectivity index (χ2n) is 15.4. The van der Waals surface area contributed by atoms with Crippen LogP contribution in [0.15, 0.2) is 72.0 Å². The largest absolute Gasteiger partial charge is 0.251 e. The number of azide groups is 1. The molecule has 0 aliphatic heterocycles. The highest BCUT2D eigenvalue weighted by atomic mass is 15.4. The van der Waals surface area contributed by atoms with Crippen molar-refractivity contribution >= 4 is 0 Å². The summed E-state index contributed by atoms with van der Waals surface area (Å²) >= 11 is 0. The van der Waals surface area contributed by atoms with Gasteiger partial charge in [0.05, 0.1) is 6.20 Å². The molecule has 236 valence electrons. The molecule has 1 heterocycles. The van der Waals surface area contributed by atoms with Crippen molar-refractivity contribution in [2.24, 2.45) is 51.5 Å². The minimum atomic E-state index is 0. The van der Waals surface area contributed by atoms with E-state index in [1.54, 1.807) is 0 Å². The van der Waals surface area contributed by atoms with Gasteiger partial charge < -0.3 is 0 Å². The minimum absolute atomic E-state index is 0. The summed E-state index contributed by atoms with van der Waals surface area (Å²) in [4.78, 5) is 2.94. The summed E-state index contributed by atoms with van der Waals surface area (Å²) < 4.78 is 2.12. The maximum absolute atomic E-state index is 8.43. The van der Waals surface area contributed by atoms with Crippen molar-refractivity contribution in [1.29, 1.82) is 0 Å². The fourth-order valence-corrected chi connectivity index (χ4v) is 11.1. The molecule has 8 fully saturated rings. The summed E-state index contributed by atoms with van der Waals surface area (Å²) in [6, 6.07) is 20.0. The lowest BCUT2D eigenvalue weighted by Gasteiger charge is -2.56. The summed E-state index contributed by atoms with van der Waals surface area (Å²) in [7, 11) is 0. The van der Waals surface area contributed by atoms with E-state index in [2.05, 4.69) is 61.4 Å². The number of rotatable bonds is 5. The molecule has 8 aliphatic carbocycles. The maximum Gasteiger partial charge on any atom is 0.113 e. The van der Waals surface area contributed by atoms with Crippen LogP contribution in [0.1, 0.15) is 90.0 Å². The van der Waals surface area contributed by atoms with E-state index in [1.165, 1.54) is 82.6 Å². The zero-order chi connectivity index (χ0) is 30.0. The Labute approximate surface area is 270 Å². The Kier molecular flexibility index (Phi) is 9.39. The van der Waals surface area contributed by atoms with Crippen LogP contribution in [0.2, 0.25) is 0 Å². The van der Waals surface area contributed by atoms with E-state index >= 15 is 0 Å². The molecule has 8 bridgehead atoms. The molecule has 8 aliphatic rings. The summed E-state index contributed by atoms with van der Waals surface area (Å²) in [5.41, 5.74) is 12.5. The molecule has 45 heavy (non-hydrogen) atoms. The Hall–Kier alpha value is -3.55. The van der Waals surface area contributed by atoms with E-state index < -0.39 is 0 Å². The van der Waals surface area contributed by atoms with Gasteiger partial charge in [-0.2, -0.15) is 0 Å². The van der Waals surface area contributed by atoms with E-state index in [0.717, 1.165) is 59.9 Å². The number of nitrogens with zero attached hydrogens (tertiary/aromatic N) is 6. The first-order valence-electron chi connectivity index (χ1n) is 17.0. The smallest absolute Gasteiger partial charge is 0.113 e. The average Bonchev–Trinajstić information content (AvgIpc) is 3.48. The zero-order valence-electron chi connectivity index (χ0n) is 26.0. The number of terminal acetylenes is 1. The van der Waals surface area contributed by atoms with Crippen LogP contribution >= 0.6 is 0 Å². The maximum atomic E-state index is 8.43. The van der Waals surface area contributed by atoms with Crippen LogP contribution in [0, 0.1) is 58.7 Å². The van der Waals surface area contributed by atoms with E-state index in [4.69, 9.17) is 12.0 Å². The topological polar surface area (TPSA) is 79.5 Å². The van der Waals surface area contributed by atoms with Crippen molar-refractivity contribution in [2.45, 2.75) is 91.0 Å². The SMILES string of the molecule is C.C#Cc1ccccc1.[N-]=[N+]=NCC12CC3CC(CC(C3)C1)C2.c1ccc(-c2cn(CC34CC5CC(CC(C5)C3)C4)nn2)cc1. The predicted octanol–water partition coefficient (Wildman–Crippen LogP) is 9.98. The van der Waals surface area contributed by atoms with Crippen molar-refractivity contribution in [3.8, 4) is 23.6 Å². The van der Waals surface area contributed by atoms with Crippen LogP contribution in [-0.2, 0) is 6.54 Å². The molecule has 0 amide bonds. The second-order valence-corrected chi connectivity index (χ2v) is 15.4. The molecule has 0 radical (unpaired) electrons. The number of hydrogen-bond donors (Lipinski definition) is 0. The predicted molar refractivity (Wildman–Crippen MR) is 182 cm³/mol. The molecule has 2 aromatic carbocycles. The van der Waals surface area contributed by atoms with Crippen LogP contribution < -0.4 is 0 Å². The molecule has 0 N–H and O–H groups in total. The van der Waals surface area contributed by atoms with Gasteiger partial charge in [-0.25, -0.2) is 0 Å². The fraction of sp³-hybridized carbons (Fsp3) is 0.590. The van der Waals surface area contributed by atoms with E-state index in [-0.39, 0.29) is 7.43 Å². The monoisotopic (exact) mass is 602 g/mol. The molecule has 3 aromatic rings. The third-order valence-corrected chi connectivity index (χ3v) is 11.8. The van der Waals surface area contributed by atoms with Gasteiger partial charge in [-0.1, -0.05) is 72.2 Å². The van der Waals surface area contributed by atoms with Crippen molar-refractivity contribution in [2.75, 3.05) is 6.54 Å². The third-order valence-electron chi connectivity index (χ3n) is 11.8. The highest BCUT2D eigenvalue weighted by molar-refractivity contribution is 5.57. The van der Waals surface area contributed by atoms with Crippen molar-refractivity contribution in [3.05, 3.63) is 82.9 Å². The molecule has 6 heteroatoms. The highest BCUT2D eigenvalue weighted by Gasteiger charge is 2.51. The highest BCUT2D eigenvalue weighted by Crippen LogP contribution is 2.61. The number of aromatic nitrogens is 3. The van der Waals surface area contributed by atoms with Crippen molar-refractivity contribution < 1.29 is 0 Å². The van der Waals surface area contributed by atoms with Crippen LogP contribution in [0.3, 0.4) is 0 Å². The van der Waals surface area contributed by atoms with E-state index in [9.17, 15) is 0 Å². The first kappa shape index (κ1) is 31.4. The average molecular weight is 603 g/mol. The van der Waals surface area contributed by atoms with Crippen molar-refractivity contribution in [1.82, 2.24) is 15.0 Å². The Balaban J connectivity index is 0.000000133. The van der Waals surface area contributed by atoms with Gasteiger partial charge >= 0.3 is 0 Å². The summed E-state index contributed by atoms with van der Waals surface area (Å²) in [6.07, 6.45) is 24.5. The molecule has 6 nitrogen and oxygen atoms in total. The second kappa shape index (κ2) is 13.4. The van der Waals surface area contributed by atoms with Crippen LogP contribution in [0.4, 0.5) is 0 Å². The molecule has 0 spiro atoms. The van der Waals surface area contributed by atoms with Crippen LogP contribution in [-0.4, -0.2) is 21.5 Å². The summed E-state index contributed by atoms with van der Waals surface area (Å²) in [6.45, 7) is 1.85. The molecule has 0 saturated heterocycles. The molecule has 1 aromatic heterocycles. The molecule has 0 unspecified atom stereocenters. The van der Waals surface area contributed by atoms with Gasteiger partial charge in [0.15, 0.2) is 0 Å². The van der Waals surface area contributed by atoms with E-state index in [0.29, 0.717) is 10.8 Å². The Bertz CT molecular complexity index is 1420. The quantitative estimate of drug-likeness (QED) is 0.126. The standard InChI is InChI=1S/C19H23N3.C11H17N3.C8H6.CH4/c1-2-4-17(5-3-1)18-12-22(21-20-18)13-19-9-14-6-15(10-19)8-16(7-14)11-19;12-14-13-7-11-4-8-1-9(5-11)3-10(2-8)6-11;1-2-8-6-4-3-5-7-8;/h1-5,12,14-16H,6-11,13H2;8-10H,1-7H2;1,3-7H;1H4. The minimum Gasteiger partial charge on any atom is -0.251 e. The van der Waals surface area contributed by atoms with Gasteiger partial charge in [0.2, 0.25) is 0 Å². The lowest BCUT2D eigenvalue weighted by atomic mass is 9.49. The Morgan fingerprint density at radius 1 is 0.756 bits per heavy atom. The molecule has 11 rings (SSSR count). The first-order chi connectivity index (χ1) is 21.5. The number of hydrogen-bond acceptors (Lipinski definition) is 3. The molecule has 0 atom stereocenters. The van der Waals surface area contributed by atoms with Crippen LogP contribution in [0.25, 0.3) is 21.7 Å². The normalized spacial score (nSPS) is 34.2. The first-order valence-corrected chi connectivity index (χ1v) is 17.0. The lowest BCUT2D eigenvalue weighted by molar-refractivity contribution is -0.0637. The third kappa shape index (κ3) is 7.15. The zero-order valence-corrected chi connectivity index (χ0v) is 26.0. The summed E-state index contributed by atoms with van der Waals surface area (Å²) in [5, 5.41) is 12.7. The number of benzene rings is 2.